The van der Waals surface area contributed by atoms with Crippen LogP contribution in [0.3, 0.4) is 0 Å². The number of nitrogens with zero attached hydrogens (tertiary/aromatic N) is 8. The van der Waals surface area contributed by atoms with Crippen molar-refractivity contribution in [2.75, 3.05) is 0 Å². The molecule has 0 aromatic heterocycles. The normalized spacial score (nSPS) is 11.2. The molecule has 8 N–H and O–H groups in total. The molecule has 6 rings (SSSR count). The van der Waals surface area contributed by atoms with Crippen LogP contribution in [-0.4, -0.2) is 68.5 Å². The zero-order valence-corrected chi connectivity index (χ0v) is 45.1. The molecular formula is C40H32CrN8Na3O14S2+3. The van der Waals surface area contributed by atoms with Gasteiger partial charge in [0.15, 0.2) is 22.9 Å². The van der Waals surface area contributed by atoms with E-state index in [9.17, 15) is 57.1 Å². The van der Waals surface area contributed by atoms with Gasteiger partial charge in [-0.25, -0.2) is 9.59 Å². The Balaban J connectivity index is 0.000000642. The van der Waals surface area contributed by atoms with Crippen molar-refractivity contribution in [3.63, 3.8) is 0 Å². The predicted octanol–water partition coefficient (Wildman–Crippen LogP) is 1.37. The number of hydrogen-bond acceptors (Lipinski definition) is 18. The first-order valence-corrected chi connectivity index (χ1v) is 20.6. The Morgan fingerprint density at radius 3 is 1.03 bits per heavy atom. The molecule has 68 heavy (non-hydrogen) atoms. The summed E-state index contributed by atoms with van der Waals surface area (Å²) in [4.78, 5) is 21.9. The van der Waals surface area contributed by atoms with Gasteiger partial charge in [0, 0.05) is 17.4 Å². The van der Waals surface area contributed by atoms with Crippen LogP contribution in [0.5, 0.6) is 23.0 Å². The fourth-order valence-corrected chi connectivity index (χ4v) is 6.31. The van der Waals surface area contributed by atoms with E-state index in [0.717, 1.165) is 12.1 Å². The second-order valence-electron chi connectivity index (χ2n) is 12.9. The fraction of sp³-hybridized carbons (Fsp3) is 0.0500. The summed E-state index contributed by atoms with van der Waals surface area (Å²) >= 11 is 0. The van der Waals surface area contributed by atoms with E-state index in [1.165, 1.54) is 98.8 Å². The van der Waals surface area contributed by atoms with Crippen LogP contribution in [0.2, 0.25) is 0 Å². The van der Waals surface area contributed by atoms with Crippen LogP contribution in [0.4, 0.5) is 45.5 Å². The van der Waals surface area contributed by atoms with Gasteiger partial charge in [0.2, 0.25) is 0 Å². The third-order valence-corrected chi connectivity index (χ3v) is 10.2. The molecule has 6 aromatic rings. The number of hydrogen-bond donors (Lipinski definition) is 8. The minimum atomic E-state index is -4.38. The molecule has 334 valence electrons. The van der Waals surface area contributed by atoms with Gasteiger partial charge in [-0.2, -0.15) is 27.1 Å². The smallest absolute Gasteiger partial charge is 0.505 e. The van der Waals surface area contributed by atoms with E-state index in [1.807, 2.05) is 0 Å². The molecule has 0 aliphatic rings. The van der Waals surface area contributed by atoms with E-state index in [0.29, 0.717) is 11.1 Å². The summed E-state index contributed by atoms with van der Waals surface area (Å²) in [5.41, 5.74) is 0.264. The van der Waals surface area contributed by atoms with Crippen molar-refractivity contribution in [3.05, 3.63) is 131 Å². The van der Waals surface area contributed by atoms with Crippen molar-refractivity contribution in [1.82, 2.24) is 0 Å². The largest absolute Gasteiger partial charge is 1.00 e. The molecule has 0 fully saturated rings. The summed E-state index contributed by atoms with van der Waals surface area (Å²) in [6, 6.07) is 23.9. The summed E-state index contributed by atoms with van der Waals surface area (Å²) in [7, 11) is -8.76. The van der Waals surface area contributed by atoms with Crippen molar-refractivity contribution in [1.29, 1.82) is 0 Å². The maximum atomic E-state index is 11.3. The van der Waals surface area contributed by atoms with Crippen molar-refractivity contribution in [2.24, 2.45) is 40.9 Å². The summed E-state index contributed by atoms with van der Waals surface area (Å²) < 4.78 is 63.0. The van der Waals surface area contributed by atoms with Crippen molar-refractivity contribution in [3.8, 4) is 23.0 Å². The van der Waals surface area contributed by atoms with Gasteiger partial charge >= 0.3 is 101 Å². The number of carbonyl (C=O) groups is 2. The minimum Gasteiger partial charge on any atom is -0.505 e. The number of carboxylic acids is 2. The number of phenolic OH excluding ortho intramolecular Hbond substituents is 4. The van der Waals surface area contributed by atoms with E-state index in [1.54, 1.807) is 12.1 Å². The summed E-state index contributed by atoms with van der Waals surface area (Å²) in [6.45, 7) is 3.07. The molecule has 0 heterocycles. The van der Waals surface area contributed by atoms with Gasteiger partial charge in [-0.15, -0.1) is 30.7 Å². The van der Waals surface area contributed by atoms with E-state index in [-0.39, 0.29) is 172 Å². The zero-order chi connectivity index (χ0) is 46.9. The number of carboxylic acid groups (broad SMARTS) is 2. The molecule has 0 aliphatic heterocycles. The number of aromatic hydroxyl groups is 4. The second kappa shape index (κ2) is 26.8. The van der Waals surface area contributed by atoms with Crippen LogP contribution in [-0.2, 0) is 37.6 Å². The summed E-state index contributed by atoms with van der Waals surface area (Å²) in [5, 5.41) is 90.1. The molecule has 6 aromatic carbocycles. The molecule has 0 saturated heterocycles. The van der Waals surface area contributed by atoms with E-state index >= 15 is 0 Å². The van der Waals surface area contributed by atoms with Crippen molar-refractivity contribution in [2.45, 2.75) is 23.6 Å². The number of azo groups is 4. The van der Waals surface area contributed by atoms with Crippen LogP contribution in [0.15, 0.2) is 160 Å². The predicted molar refractivity (Wildman–Crippen MR) is 225 cm³/mol. The Bertz CT molecular complexity index is 2970. The first-order chi connectivity index (χ1) is 30.1. The Kier molecular flexibility index (Phi) is 24.2. The topological polar surface area (TPSA) is 363 Å². The van der Waals surface area contributed by atoms with Crippen LogP contribution < -0.4 is 88.7 Å². The molecule has 0 saturated carbocycles. The standard InChI is InChI=1S/2C20H16N4O7S.Cr.3Na/c2*1-11-10-12(32(29,30)31)6-7-14(11)21-24-18-17(25)9-8-16(19(18)26)23-22-15-5-3-2-4-13(15)20(27)28;;;;/h2*2-10,25-26H,1H3,(H,27,28)(H,29,30,31);;;;/q;;;3*+1. The Hall–Kier alpha value is -4.79. The number of aryl methyl sites for hydroxylation is 2. The van der Waals surface area contributed by atoms with Gasteiger partial charge in [0.25, 0.3) is 20.2 Å². The van der Waals surface area contributed by atoms with Gasteiger partial charge in [0.1, 0.15) is 34.2 Å². The quantitative estimate of drug-likeness (QED) is 0.0488. The van der Waals surface area contributed by atoms with Gasteiger partial charge < -0.3 is 30.6 Å². The molecule has 0 radical (unpaired) electrons. The second-order valence-corrected chi connectivity index (χ2v) is 15.7. The molecule has 0 amide bonds. The SMILES string of the molecule is Cc1cc(S(=O)(=O)O)ccc1N=Nc1c(O)ccc(N=Nc2ccccc2C(=O)O)c1O.Cc1cc(S(=O)(=O)O)ccc1N=Nc1c(O)ccc(N=Nc2ccccc2C(=O)O)c1O.[Cr].[Na+].[Na+].[Na+]. The summed E-state index contributed by atoms with van der Waals surface area (Å²) in [6.07, 6.45) is 0. The molecule has 0 aliphatic carbocycles. The Morgan fingerprint density at radius 2 is 0.721 bits per heavy atom. The van der Waals surface area contributed by atoms with Crippen LogP contribution in [0, 0.1) is 13.8 Å². The Morgan fingerprint density at radius 1 is 0.426 bits per heavy atom. The van der Waals surface area contributed by atoms with Gasteiger partial charge in [0.05, 0.1) is 32.3 Å². The van der Waals surface area contributed by atoms with Crippen molar-refractivity contribution >= 4 is 77.7 Å². The number of aromatic carboxylic acids is 2. The van der Waals surface area contributed by atoms with Gasteiger partial charge in [-0.1, -0.05) is 24.3 Å². The van der Waals surface area contributed by atoms with Crippen molar-refractivity contribution < 1.29 is 172 Å². The number of benzene rings is 6. The maximum absolute atomic E-state index is 11.3. The third-order valence-electron chi connectivity index (χ3n) is 8.46. The fourth-order valence-electron chi connectivity index (χ4n) is 5.18. The number of phenols is 4. The van der Waals surface area contributed by atoms with Crippen LogP contribution in [0.1, 0.15) is 31.8 Å². The third kappa shape index (κ3) is 16.2. The monoisotopic (exact) mass is 1030 g/mol. The Labute approximate surface area is 463 Å². The first kappa shape index (κ1) is 61.2. The molecule has 22 nitrogen and oxygen atoms in total. The van der Waals surface area contributed by atoms with E-state index in [2.05, 4.69) is 40.9 Å². The summed E-state index contributed by atoms with van der Waals surface area (Å²) in [5.74, 6) is -4.33. The van der Waals surface area contributed by atoms with Crippen LogP contribution in [0.25, 0.3) is 0 Å². The molecule has 28 heteroatoms. The average Bonchev–Trinajstić information content (AvgIpc) is 3.23. The molecule has 0 bridgehead atoms. The maximum Gasteiger partial charge on any atom is 1.00 e. The zero-order valence-electron chi connectivity index (χ0n) is 36.2. The van der Waals surface area contributed by atoms with Crippen LogP contribution >= 0.6 is 0 Å². The first-order valence-electron chi connectivity index (χ1n) is 17.7. The van der Waals surface area contributed by atoms with E-state index < -0.39 is 55.2 Å². The number of rotatable bonds is 12. The van der Waals surface area contributed by atoms with Gasteiger partial charge in [-0.3, -0.25) is 9.11 Å². The average molecular weight is 1030 g/mol. The molecule has 0 atom stereocenters. The molecule has 0 spiro atoms. The molecule has 0 unspecified atom stereocenters. The van der Waals surface area contributed by atoms with E-state index in [4.69, 9.17) is 9.11 Å². The molecular weight excluding hydrogens is 1000 g/mol. The minimum absolute atomic E-state index is 0. The van der Waals surface area contributed by atoms with Gasteiger partial charge in [-0.05, 0) is 110 Å².